The van der Waals surface area contributed by atoms with Gasteiger partial charge in [-0.2, -0.15) is 0 Å². The molecule has 0 aromatic rings. The first-order valence-electron chi connectivity index (χ1n) is 10.3. The summed E-state index contributed by atoms with van der Waals surface area (Å²) in [7, 11) is 0. The van der Waals surface area contributed by atoms with Crippen molar-refractivity contribution in [2.45, 2.75) is 59.0 Å². The van der Waals surface area contributed by atoms with Gasteiger partial charge in [0.1, 0.15) is 17.6 Å². The highest BCUT2D eigenvalue weighted by atomic mass is 35.5. The Morgan fingerprint density at radius 1 is 1.13 bits per heavy atom. The van der Waals surface area contributed by atoms with Gasteiger partial charge in [0.25, 0.3) is 0 Å². The SMILES string of the molecule is C/C=C\C=C/C[C@H]1C/C=C/CC/C=C/C(=O)C/C(C)=C(Cl)/C(O)=C\C(O)=C(/C)C(=O)O1. The van der Waals surface area contributed by atoms with Crippen LogP contribution in [0.15, 0.2) is 82.4 Å². The van der Waals surface area contributed by atoms with Crippen LogP contribution >= 0.6 is 11.6 Å². The zero-order chi connectivity index (χ0) is 23.2. The normalized spacial score (nSPS) is 29.3. The standard InChI is InChI=1S/C25H31ClO5/c1-4-5-6-11-14-21-15-12-9-7-8-10-13-20(27)16-18(2)24(26)23(29)17-22(28)19(3)25(30)31-21/h4-6,9-13,17,21,28-29H,7-8,14-16H2,1-3H3/b5-4-,11-6-,12-9+,13-10+,22-19-,23-17+,24-18-/t21-/m0/s1. The summed E-state index contributed by atoms with van der Waals surface area (Å²) in [6.45, 7) is 4.93. The molecule has 0 aromatic carbocycles. The minimum absolute atomic E-state index is 0.0387. The van der Waals surface area contributed by atoms with Crippen molar-refractivity contribution in [3.05, 3.63) is 82.4 Å². The summed E-state index contributed by atoms with van der Waals surface area (Å²) in [6.07, 6.45) is 17.9. The lowest BCUT2D eigenvalue weighted by Gasteiger charge is -2.15. The average molecular weight is 447 g/mol. The highest BCUT2D eigenvalue weighted by Gasteiger charge is 2.17. The maximum Gasteiger partial charge on any atom is 0.337 e. The van der Waals surface area contributed by atoms with Crippen LogP contribution in [0, 0.1) is 0 Å². The first kappa shape index (κ1) is 26.2. The molecule has 1 aliphatic rings. The Labute approximate surface area is 189 Å². The Hall–Kier alpha value is -2.79. The Balaban J connectivity index is 3.21. The number of esters is 1. The van der Waals surface area contributed by atoms with E-state index in [2.05, 4.69) is 0 Å². The van der Waals surface area contributed by atoms with Gasteiger partial charge in [-0.3, -0.25) is 4.79 Å². The van der Waals surface area contributed by atoms with Crippen LogP contribution in [0.25, 0.3) is 0 Å². The molecule has 1 aliphatic heterocycles. The Morgan fingerprint density at radius 3 is 2.55 bits per heavy atom. The summed E-state index contributed by atoms with van der Waals surface area (Å²) < 4.78 is 5.56. The maximum atomic E-state index is 12.5. The molecular weight excluding hydrogens is 416 g/mol. The zero-order valence-corrected chi connectivity index (χ0v) is 19.1. The summed E-state index contributed by atoms with van der Waals surface area (Å²) >= 11 is 6.13. The molecule has 0 saturated carbocycles. The Kier molecular flexibility index (Phi) is 12.1. The van der Waals surface area contributed by atoms with E-state index in [9.17, 15) is 19.8 Å². The minimum atomic E-state index is -0.685. The summed E-state index contributed by atoms with van der Waals surface area (Å²) in [5, 5.41) is 20.4. The average Bonchev–Trinajstić information content (AvgIpc) is 2.73. The molecule has 0 bridgehead atoms. The number of aliphatic hydroxyl groups excluding tert-OH is 2. The monoisotopic (exact) mass is 446 g/mol. The van der Waals surface area contributed by atoms with Gasteiger partial charge in [-0.1, -0.05) is 54.1 Å². The quantitative estimate of drug-likeness (QED) is 0.295. The second kappa shape index (κ2) is 14.3. The number of ketones is 1. The fraction of sp³-hybridized carbons (Fsp3) is 0.360. The van der Waals surface area contributed by atoms with E-state index in [4.69, 9.17) is 16.3 Å². The zero-order valence-electron chi connectivity index (χ0n) is 18.3. The number of hydrogen-bond acceptors (Lipinski definition) is 5. The largest absolute Gasteiger partial charge is 0.507 e. The van der Waals surface area contributed by atoms with Crippen LogP contribution in [0.4, 0.5) is 0 Å². The van der Waals surface area contributed by atoms with Gasteiger partial charge < -0.3 is 14.9 Å². The second-order valence-electron chi connectivity index (χ2n) is 7.18. The van der Waals surface area contributed by atoms with E-state index in [0.717, 1.165) is 12.5 Å². The van der Waals surface area contributed by atoms with Crippen molar-refractivity contribution in [2.24, 2.45) is 0 Å². The van der Waals surface area contributed by atoms with Crippen molar-refractivity contribution in [3.8, 4) is 0 Å². The molecule has 168 valence electrons. The smallest absolute Gasteiger partial charge is 0.337 e. The molecule has 1 rings (SSSR count). The molecule has 0 fully saturated rings. The summed E-state index contributed by atoms with van der Waals surface area (Å²) in [5.41, 5.74) is 0.396. The van der Waals surface area contributed by atoms with Gasteiger partial charge >= 0.3 is 5.97 Å². The van der Waals surface area contributed by atoms with Crippen molar-refractivity contribution < 1.29 is 24.5 Å². The fourth-order valence-corrected chi connectivity index (χ4v) is 2.77. The molecule has 5 nitrogen and oxygen atoms in total. The summed E-state index contributed by atoms with van der Waals surface area (Å²) in [6, 6.07) is 0. The lowest BCUT2D eigenvalue weighted by molar-refractivity contribution is -0.144. The van der Waals surface area contributed by atoms with E-state index >= 15 is 0 Å². The number of aliphatic hydroxyl groups is 2. The van der Waals surface area contributed by atoms with E-state index in [1.807, 2.05) is 43.4 Å². The lowest BCUT2D eigenvalue weighted by Crippen LogP contribution is -2.18. The van der Waals surface area contributed by atoms with E-state index in [1.54, 1.807) is 13.0 Å². The third-order valence-electron chi connectivity index (χ3n) is 4.48. The van der Waals surface area contributed by atoms with Gasteiger partial charge in [-0.25, -0.2) is 4.79 Å². The Bertz CT molecular complexity index is 853. The number of rotatable bonds is 3. The van der Waals surface area contributed by atoms with E-state index in [1.165, 1.54) is 13.0 Å². The van der Waals surface area contributed by atoms with Crippen LogP contribution in [-0.2, 0) is 14.3 Å². The molecule has 0 spiro atoms. The molecule has 6 heteroatoms. The van der Waals surface area contributed by atoms with Crippen LogP contribution in [0.3, 0.4) is 0 Å². The molecule has 2 N–H and O–H groups in total. The third kappa shape index (κ3) is 10.2. The summed E-state index contributed by atoms with van der Waals surface area (Å²) in [5.74, 6) is -1.72. The molecule has 1 heterocycles. The van der Waals surface area contributed by atoms with Crippen LogP contribution in [0.1, 0.15) is 52.9 Å². The van der Waals surface area contributed by atoms with Crippen molar-refractivity contribution in [1.29, 1.82) is 0 Å². The number of carbonyl (C=O) groups is 2. The first-order valence-corrected chi connectivity index (χ1v) is 10.6. The van der Waals surface area contributed by atoms with Gasteiger partial charge in [-0.15, -0.1) is 0 Å². The number of halogens is 1. The van der Waals surface area contributed by atoms with Crippen molar-refractivity contribution in [1.82, 2.24) is 0 Å². The lowest BCUT2D eigenvalue weighted by atomic mass is 10.1. The number of cyclic esters (lactones) is 1. The topological polar surface area (TPSA) is 83.8 Å². The van der Waals surface area contributed by atoms with Crippen molar-refractivity contribution in [2.75, 3.05) is 0 Å². The number of allylic oxidation sites excluding steroid dienone is 9. The van der Waals surface area contributed by atoms with Gasteiger partial charge in [0.2, 0.25) is 0 Å². The van der Waals surface area contributed by atoms with Crippen LogP contribution in [-0.4, -0.2) is 28.1 Å². The van der Waals surface area contributed by atoms with Crippen molar-refractivity contribution >= 4 is 23.4 Å². The predicted molar refractivity (Wildman–Crippen MR) is 125 cm³/mol. The third-order valence-corrected chi connectivity index (χ3v) is 5.00. The molecule has 0 aliphatic carbocycles. The highest BCUT2D eigenvalue weighted by Crippen LogP contribution is 2.22. The molecule has 0 amide bonds. The van der Waals surface area contributed by atoms with E-state index in [0.29, 0.717) is 24.8 Å². The number of ether oxygens (including phenoxy) is 1. The summed E-state index contributed by atoms with van der Waals surface area (Å²) in [4.78, 5) is 24.6. The fourth-order valence-electron chi connectivity index (χ4n) is 2.65. The molecule has 1 atom stereocenters. The molecule has 31 heavy (non-hydrogen) atoms. The molecule has 0 saturated heterocycles. The Morgan fingerprint density at radius 2 is 1.84 bits per heavy atom. The van der Waals surface area contributed by atoms with E-state index < -0.39 is 23.6 Å². The van der Waals surface area contributed by atoms with Crippen LogP contribution in [0.5, 0.6) is 0 Å². The molecule has 0 unspecified atom stereocenters. The van der Waals surface area contributed by atoms with Gasteiger partial charge in [0.05, 0.1) is 10.6 Å². The number of carbonyl (C=O) groups excluding carboxylic acids is 2. The van der Waals surface area contributed by atoms with E-state index in [-0.39, 0.29) is 22.8 Å². The van der Waals surface area contributed by atoms with Gasteiger partial charge in [0, 0.05) is 25.3 Å². The highest BCUT2D eigenvalue weighted by molar-refractivity contribution is 6.32. The molecular formula is C25H31ClO5. The van der Waals surface area contributed by atoms with Crippen LogP contribution in [0.2, 0.25) is 0 Å². The van der Waals surface area contributed by atoms with Crippen LogP contribution < -0.4 is 0 Å². The molecule has 0 radical (unpaired) electrons. The second-order valence-corrected chi connectivity index (χ2v) is 7.56. The predicted octanol–water partition coefficient (Wildman–Crippen LogP) is 6.46. The van der Waals surface area contributed by atoms with Crippen molar-refractivity contribution in [3.63, 3.8) is 0 Å². The minimum Gasteiger partial charge on any atom is -0.507 e. The van der Waals surface area contributed by atoms with Gasteiger partial charge in [-0.05, 0) is 45.3 Å². The molecule has 0 aromatic heterocycles. The number of hydrogen-bond donors (Lipinski definition) is 2. The first-order chi connectivity index (χ1) is 14.8. The maximum absolute atomic E-state index is 12.5. The van der Waals surface area contributed by atoms with Gasteiger partial charge in [0.15, 0.2) is 5.78 Å².